The minimum absolute atomic E-state index is 0.336. The van der Waals surface area contributed by atoms with E-state index in [2.05, 4.69) is 0 Å². The van der Waals surface area contributed by atoms with Crippen LogP contribution in [0.2, 0.25) is 5.02 Å². The van der Waals surface area contributed by atoms with Crippen molar-refractivity contribution in [2.75, 3.05) is 0 Å². The third-order valence-electron chi connectivity index (χ3n) is 4.22. The van der Waals surface area contributed by atoms with E-state index in [0.717, 1.165) is 10.6 Å². The molecule has 1 heterocycles. The smallest absolute Gasteiger partial charge is 0.307 e. The molecule has 1 N–H and O–H groups in total. The molecule has 0 saturated heterocycles. The molecule has 0 fully saturated rings. The zero-order valence-corrected chi connectivity index (χ0v) is 13.5. The quantitative estimate of drug-likeness (QED) is 0.674. The van der Waals surface area contributed by atoms with Gasteiger partial charge in [-0.3, -0.25) is 4.79 Å². The molecule has 1 atom stereocenters. The van der Waals surface area contributed by atoms with Gasteiger partial charge in [0.05, 0.1) is 0 Å². The van der Waals surface area contributed by atoms with E-state index in [1.54, 1.807) is 32.0 Å². The van der Waals surface area contributed by atoms with E-state index < -0.39 is 17.0 Å². The first-order valence-electron chi connectivity index (χ1n) is 6.66. The highest BCUT2D eigenvalue weighted by Gasteiger charge is 2.62. The van der Waals surface area contributed by atoms with Crippen LogP contribution in [0.1, 0.15) is 38.8 Å². The van der Waals surface area contributed by atoms with E-state index in [9.17, 15) is 15.2 Å². The predicted octanol–water partition coefficient (Wildman–Crippen LogP) is 2.74. The van der Waals surface area contributed by atoms with Crippen LogP contribution in [0.15, 0.2) is 18.2 Å². The van der Waals surface area contributed by atoms with Crippen molar-refractivity contribution in [1.29, 1.82) is 0 Å². The van der Waals surface area contributed by atoms with E-state index in [0.29, 0.717) is 21.0 Å². The number of halogens is 1. The van der Waals surface area contributed by atoms with Gasteiger partial charge >= 0.3 is 5.66 Å². The lowest BCUT2D eigenvalue weighted by Gasteiger charge is -2.30. The molecule has 0 aromatic heterocycles. The molecule has 5 nitrogen and oxygen atoms in total. The molecule has 0 unspecified atom stereocenters. The highest BCUT2D eigenvalue weighted by Crippen LogP contribution is 2.36. The summed E-state index contributed by atoms with van der Waals surface area (Å²) < 4.78 is 0.595. The lowest BCUT2D eigenvalue weighted by molar-refractivity contribution is -0.565. The van der Waals surface area contributed by atoms with E-state index in [-0.39, 0.29) is 0 Å². The van der Waals surface area contributed by atoms with E-state index in [4.69, 9.17) is 11.6 Å². The van der Waals surface area contributed by atoms with Gasteiger partial charge in [0, 0.05) is 24.4 Å². The number of hydrogen-bond donors (Lipinski definition) is 1. The summed E-state index contributed by atoms with van der Waals surface area (Å²) in [5.41, 5.74) is -0.829. The number of hydrogen-bond acceptors (Lipinski definition) is 4. The van der Waals surface area contributed by atoms with E-state index in [1.165, 1.54) is 13.8 Å². The Labute approximate surface area is 129 Å². The summed E-state index contributed by atoms with van der Waals surface area (Å²) in [5.74, 6) is -0.422. The summed E-state index contributed by atoms with van der Waals surface area (Å²) in [6, 6.07) is 5.20. The molecular weight excluding hydrogens is 292 g/mol. The maximum atomic E-state index is 12.7. The van der Waals surface area contributed by atoms with Gasteiger partial charge in [-0.05, 0) is 44.5 Å². The normalized spacial score (nSPS) is 25.5. The maximum Gasteiger partial charge on any atom is 0.307 e. The Hall–Kier alpha value is -1.43. The highest BCUT2D eigenvalue weighted by molar-refractivity contribution is 6.31. The number of benzene rings is 1. The number of nitrogens with zero attached hydrogens (tertiary/aromatic N) is 2. The molecule has 0 radical (unpaired) electrons. The lowest BCUT2D eigenvalue weighted by atomic mass is 9.92. The van der Waals surface area contributed by atoms with Crippen molar-refractivity contribution in [3.05, 3.63) is 39.6 Å². The summed E-state index contributed by atoms with van der Waals surface area (Å²) in [4.78, 5) is 11.9. The molecule has 1 aliphatic rings. The summed E-state index contributed by atoms with van der Waals surface area (Å²) in [5, 5.41) is 24.5. The molecule has 1 aliphatic heterocycles. The Kier molecular flexibility index (Phi) is 3.64. The largest absolute Gasteiger partial charge is 0.622 e. The van der Waals surface area contributed by atoms with Crippen molar-refractivity contribution >= 4 is 23.1 Å². The maximum absolute atomic E-state index is 12.7. The van der Waals surface area contributed by atoms with Crippen LogP contribution < -0.4 is 0 Å². The third-order valence-corrected chi connectivity index (χ3v) is 4.64. The fraction of sp³-hybridized carbons (Fsp3) is 0.467. The van der Waals surface area contributed by atoms with Crippen LogP contribution in [0.4, 0.5) is 0 Å². The van der Waals surface area contributed by atoms with E-state index >= 15 is 0 Å². The summed E-state index contributed by atoms with van der Waals surface area (Å²) in [7, 11) is 0. The Balaban J connectivity index is 2.72. The molecule has 0 spiro atoms. The van der Waals surface area contributed by atoms with Crippen LogP contribution in [0, 0.1) is 12.1 Å². The van der Waals surface area contributed by atoms with Gasteiger partial charge in [0.15, 0.2) is 0 Å². The first-order valence-corrected chi connectivity index (χ1v) is 7.04. The van der Waals surface area contributed by atoms with Gasteiger partial charge in [0.1, 0.15) is 5.54 Å². The fourth-order valence-electron chi connectivity index (χ4n) is 2.75. The van der Waals surface area contributed by atoms with Gasteiger partial charge in [0.25, 0.3) is 0 Å². The molecule has 0 bridgehead atoms. The van der Waals surface area contributed by atoms with E-state index in [1.807, 2.05) is 6.92 Å². The van der Waals surface area contributed by atoms with Crippen LogP contribution >= 0.6 is 11.6 Å². The molecule has 0 aliphatic carbocycles. The van der Waals surface area contributed by atoms with Crippen molar-refractivity contribution < 1.29 is 14.7 Å². The Morgan fingerprint density at radius 3 is 2.38 bits per heavy atom. The average molecular weight is 311 g/mol. The molecule has 114 valence electrons. The minimum Gasteiger partial charge on any atom is -0.622 e. The Bertz CT molecular complexity index is 654. The third kappa shape index (κ3) is 2.08. The second kappa shape index (κ2) is 4.80. The van der Waals surface area contributed by atoms with Crippen molar-refractivity contribution in [1.82, 2.24) is 5.06 Å². The SMILES string of the molecule is CC(=O)[C@@]1(C)N(O)C(C)(C)C(c2ccc(Cl)c(C)c2)=[N+]1[O-]. The first kappa shape index (κ1) is 15.9. The number of carbonyl (C=O) groups excluding carboxylic acids is 1. The van der Waals surface area contributed by atoms with Gasteiger partial charge in [0.2, 0.25) is 11.5 Å². The van der Waals surface area contributed by atoms with Crippen LogP contribution in [0.25, 0.3) is 0 Å². The van der Waals surface area contributed by atoms with Crippen LogP contribution in [0.5, 0.6) is 0 Å². The standard InChI is InChI=1S/C15H19ClN2O3/c1-9-8-11(6-7-12(9)16)13-14(3,4)18(21)15(5,10(2)19)17(13)20/h6-8,21H,1-5H3/t15-/m1/s1. The Morgan fingerprint density at radius 2 is 1.95 bits per heavy atom. The summed E-state index contributed by atoms with van der Waals surface area (Å²) >= 11 is 6.02. The molecule has 21 heavy (non-hydrogen) atoms. The molecule has 1 aromatic carbocycles. The number of Topliss-reactive ketones (excluding diaryl/α,β-unsaturated/α-hetero) is 1. The van der Waals surface area contributed by atoms with Crippen molar-refractivity contribution in [2.24, 2.45) is 0 Å². The summed E-state index contributed by atoms with van der Waals surface area (Å²) in [6.45, 7) is 7.95. The van der Waals surface area contributed by atoms with Crippen LogP contribution in [0.3, 0.4) is 0 Å². The van der Waals surface area contributed by atoms with Crippen molar-refractivity contribution in [3.63, 3.8) is 0 Å². The second-order valence-electron chi connectivity index (χ2n) is 6.05. The number of aryl methyl sites for hydroxylation is 1. The number of ketones is 1. The van der Waals surface area contributed by atoms with Gasteiger partial charge in [-0.1, -0.05) is 11.6 Å². The van der Waals surface area contributed by atoms with Gasteiger partial charge in [-0.15, -0.1) is 5.06 Å². The lowest BCUT2D eigenvalue weighted by Crippen LogP contribution is -2.57. The number of carbonyl (C=O) groups is 1. The fourth-order valence-corrected chi connectivity index (χ4v) is 2.87. The second-order valence-corrected chi connectivity index (χ2v) is 6.46. The topological polar surface area (TPSA) is 66.6 Å². The van der Waals surface area contributed by atoms with Gasteiger partial charge in [-0.2, -0.15) is 4.74 Å². The molecule has 2 rings (SSSR count). The molecule has 0 saturated carbocycles. The number of rotatable bonds is 2. The monoisotopic (exact) mass is 310 g/mol. The van der Waals surface area contributed by atoms with Crippen molar-refractivity contribution in [3.8, 4) is 0 Å². The highest BCUT2D eigenvalue weighted by atomic mass is 35.5. The first-order chi connectivity index (χ1) is 9.54. The minimum atomic E-state index is -1.63. The molecular formula is C15H19ClN2O3. The van der Waals surface area contributed by atoms with Gasteiger partial charge in [-0.25, -0.2) is 0 Å². The molecule has 0 amide bonds. The number of hydroxylamine groups is 3. The van der Waals surface area contributed by atoms with Crippen molar-refractivity contribution in [2.45, 2.75) is 45.8 Å². The van der Waals surface area contributed by atoms with Gasteiger partial charge < -0.3 is 10.4 Å². The van der Waals surface area contributed by atoms with Crippen LogP contribution in [-0.2, 0) is 4.79 Å². The zero-order chi connectivity index (χ0) is 16.2. The zero-order valence-electron chi connectivity index (χ0n) is 12.8. The average Bonchev–Trinajstić information content (AvgIpc) is 2.53. The molecule has 6 heteroatoms. The summed E-state index contributed by atoms with van der Waals surface area (Å²) in [6.07, 6.45) is 0. The predicted molar refractivity (Wildman–Crippen MR) is 80.7 cm³/mol. The Morgan fingerprint density at radius 1 is 1.38 bits per heavy atom. The van der Waals surface area contributed by atoms with Crippen LogP contribution in [-0.4, -0.2) is 37.7 Å². The molecule has 1 aromatic rings.